The molecule has 6 nitrogen and oxygen atoms in total. The zero-order valence-electron chi connectivity index (χ0n) is 12.4. The van der Waals surface area contributed by atoms with Gasteiger partial charge in [-0.3, -0.25) is 14.4 Å². The van der Waals surface area contributed by atoms with E-state index >= 15 is 0 Å². The van der Waals surface area contributed by atoms with Crippen molar-refractivity contribution in [3.8, 4) is 0 Å². The number of allylic oxidation sites excluding steroid dienone is 1. The molecule has 0 saturated heterocycles. The van der Waals surface area contributed by atoms with E-state index in [-0.39, 0.29) is 6.42 Å². The van der Waals surface area contributed by atoms with Gasteiger partial charge in [-0.05, 0) is 19.3 Å². The first-order valence-corrected chi connectivity index (χ1v) is 7.29. The first-order valence-electron chi connectivity index (χ1n) is 7.29. The van der Waals surface area contributed by atoms with Crippen molar-refractivity contribution < 1.29 is 24.6 Å². The molecule has 0 saturated carbocycles. The minimum atomic E-state index is -1.20. The maximum absolute atomic E-state index is 11.8. The second-order valence-electron chi connectivity index (χ2n) is 4.99. The van der Waals surface area contributed by atoms with Crippen molar-refractivity contribution in [3.05, 3.63) is 12.7 Å². The normalized spacial score (nSPS) is 10.1. The van der Waals surface area contributed by atoms with E-state index in [1.165, 1.54) is 0 Å². The van der Waals surface area contributed by atoms with Crippen LogP contribution in [0.4, 0.5) is 0 Å². The second-order valence-corrected chi connectivity index (χ2v) is 4.99. The van der Waals surface area contributed by atoms with Gasteiger partial charge in [0.25, 0.3) is 0 Å². The highest BCUT2D eigenvalue weighted by atomic mass is 16.4. The highest BCUT2D eigenvalue weighted by Crippen LogP contribution is 2.09. The van der Waals surface area contributed by atoms with Crippen LogP contribution in [0.3, 0.4) is 0 Å². The van der Waals surface area contributed by atoms with Crippen LogP contribution in [0, 0.1) is 0 Å². The van der Waals surface area contributed by atoms with Crippen LogP contribution in [-0.2, 0) is 14.4 Å². The van der Waals surface area contributed by atoms with E-state index in [1.54, 1.807) is 0 Å². The standard InChI is InChI=1S/C15H25NO5/c1-2-3-4-5-6-7-8-9-10-13(17)16(11-14(18)19)12-15(20)21/h2H,1,3-12H2,(H,18,19)(H,20,21). The van der Waals surface area contributed by atoms with Gasteiger partial charge in [-0.15, -0.1) is 6.58 Å². The molecule has 0 unspecified atom stereocenters. The predicted octanol–water partition coefficient (Wildman–Crippen LogP) is 2.29. The summed E-state index contributed by atoms with van der Waals surface area (Å²) in [6, 6.07) is 0. The molecule has 0 aliphatic heterocycles. The fourth-order valence-electron chi connectivity index (χ4n) is 1.99. The highest BCUT2D eigenvalue weighted by Gasteiger charge is 2.18. The lowest BCUT2D eigenvalue weighted by atomic mass is 10.1. The van der Waals surface area contributed by atoms with Gasteiger partial charge in [-0.2, -0.15) is 0 Å². The van der Waals surface area contributed by atoms with Crippen molar-refractivity contribution in [2.75, 3.05) is 13.1 Å². The van der Waals surface area contributed by atoms with E-state index in [9.17, 15) is 14.4 Å². The first kappa shape index (κ1) is 19.1. The lowest BCUT2D eigenvalue weighted by Crippen LogP contribution is -2.39. The van der Waals surface area contributed by atoms with E-state index in [0.29, 0.717) is 6.42 Å². The van der Waals surface area contributed by atoms with Crippen molar-refractivity contribution in [1.29, 1.82) is 0 Å². The van der Waals surface area contributed by atoms with Crippen molar-refractivity contribution in [3.63, 3.8) is 0 Å². The number of carbonyl (C=O) groups excluding carboxylic acids is 1. The Morgan fingerprint density at radius 2 is 1.33 bits per heavy atom. The van der Waals surface area contributed by atoms with E-state index in [2.05, 4.69) is 6.58 Å². The Balaban J connectivity index is 3.84. The van der Waals surface area contributed by atoms with Gasteiger partial charge in [-0.25, -0.2) is 0 Å². The van der Waals surface area contributed by atoms with E-state index in [0.717, 1.165) is 43.4 Å². The lowest BCUT2D eigenvalue weighted by Gasteiger charge is -2.18. The summed E-state index contributed by atoms with van der Waals surface area (Å²) in [6.45, 7) is 2.53. The van der Waals surface area contributed by atoms with Crippen LogP contribution in [0.15, 0.2) is 12.7 Å². The SMILES string of the molecule is C=CCCCCCCCCC(=O)N(CC(=O)O)CC(=O)O. The quantitative estimate of drug-likeness (QED) is 0.402. The minimum absolute atomic E-state index is 0.202. The van der Waals surface area contributed by atoms with Crippen LogP contribution < -0.4 is 0 Å². The van der Waals surface area contributed by atoms with Gasteiger partial charge in [0, 0.05) is 6.42 Å². The zero-order valence-corrected chi connectivity index (χ0v) is 12.4. The van der Waals surface area contributed by atoms with Gasteiger partial charge in [0.1, 0.15) is 13.1 Å². The molecule has 0 aromatic carbocycles. The molecule has 6 heteroatoms. The second kappa shape index (κ2) is 11.9. The van der Waals surface area contributed by atoms with Crippen LogP contribution >= 0.6 is 0 Å². The smallest absolute Gasteiger partial charge is 0.323 e. The zero-order chi connectivity index (χ0) is 16.1. The largest absolute Gasteiger partial charge is 0.480 e. The highest BCUT2D eigenvalue weighted by molar-refractivity contribution is 5.85. The number of carboxylic acids is 2. The molecule has 21 heavy (non-hydrogen) atoms. The molecule has 120 valence electrons. The maximum atomic E-state index is 11.8. The van der Waals surface area contributed by atoms with E-state index in [1.807, 2.05) is 6.08 Å². The van der Waals surface area contributed by atoms with Crippen molar-refractivity contribution in [2.24, 2.45) is 0 Å². The topological polar surface area (TPSA) is 94.9 Å². The Labute approximate surface area is 125 Å². The van der Waals surface area contributed by atoms with Gasteiger partial charge in [0.2, 0.25) is 5.91 Å². The van der Waals surface area contributed by atoms with Gasteiger partial charge in [0.05, 0.1) is 0 Å². The summed E-state index contributed by atoms with van der Waals surface area (Å²) >= 11 is 0. The Kier molecular flexibility index (Phi) is 10.9. The van der Waals surface area contributed by atoms with E-state index < -0.39 is 30.9 Å². The van der Waals surface area contributed by atoms with Gasteiger partial charge in [0.15, 0.2) is 0 Å². The molecule has 0 rings (SSSR count). The fourth-order valence-corrected chi connectivity index (χ4v) is 1.99. The molecule has 0 aliphatic carbocycles. The Morgan fingerprint density at radius 3 is 1.81 bits per heavy atom. The summed E-state index contributed by atoms with van der Waals surface area (Å²) < 4.78 is 0. The van der Waals surface area contributed by atoms with Gasteiger partial charge in [-0.1, -0.05) is 31.8 Å². The van der Waals surface area contributed by atoms with Crippen LogP contribution in [0.5, 0.6) is 0 Å². The van der Waals surface area contributed by atoms with Crippen molar-refractivity contribution >= 4 is 17.8 Å². The Morgan fingerprint density at radius 1 is 0.857 bits per heavy atom. The molecule has 0 heterocycles. The third kappa shape index (κ3) is 11.7. The third-order valence-corrected chi connectivity index (χ3v) is 3.05. The molecule has 0 bridgehead atoms. The molecule has 0 fully saturated rings. The summed E-state index contributed by atoms with van der Waals surface area (Å²) in [7, 11) is 0. The van der Waals surface area contributed by atoms with Gasteiger partial charge < -0.3 is 15.1 Å². The number of unbranched alkanes of at least 4 members (excludes halogenated alkanes) is 6. The summed E-state index contributed by atoms with van der Waals surface area (Å²) in [4.78, 5) is 33.9. The molecular formula is C15H25NO5. The van der Waals surface area contributed by atoms with E-state index in [4.69, 9.17) is 10.2 Å². The van der Waals surface area contributed by atoms with Crippen LogP contribution in [0.1, 0.15) is 51.4 Å². The Bertz CT molecular complexity index is 338. The number of hydrogen-bond donors (Lipinski definition) is 2. The molecule has 0 aromatic heterocycles. The third-order valence-electron chi connectivity index (χ3n) is 3.05. The molecule has 0 radical (unpaired) electrons. The average Bonchev–Trinajstić information content (AvgIpc) is 2.39. The van der Waals surface area contributed by atoms with Gasteiger partial charge >= 0.3 is 11.9 Å². The number of amides is 1. The lowest BCUT2D eigenvalue weighted by molar-refractivity contribution is -0.149. The predicted molar refractivity (Wildman–Crippen MR) is 79.0 cm³/mol. The summed E-state index contributed by atoms with van der Waals surface area (Å²) in [5.74, 6) is -2.81. The molecule has 2 N–H and O–H groups in total. The molecule has 0 atom stereocenters. The number of nitrogens with zero attached hydrogens (tertiary/aromatic N) is 1. The van der Waals surface area contributed by atoms with Crippen LogP contribution in [0.2, 0.25) is 0 Å². The monoisotopic (exact) mass is 299 g/mol. The molecule has 0 aliphatic rings. The number of aliphatic carboxylic acids is 2. The minimum Gasteiger partial charge on any atom is -0.480 e. The number of hydrogen-bond acceptors (Lipinski definition) is 3. The van der Waals surface area contributed by atoms with Crippen LogP contribution in [-0.4, -0.2) is 46.0 Å². The van der Waals surface area contributed by atoms with Crippen LogP contribution in [0.25, 0.3) is 0 Å². The summed E-state index contributed by atoms with van der Waals surface area (Å²) in [5.41, 5.74) is 0. The summed E-state index contributed by atoms with van der Waals surface area (Å²) in [6.07, 6.45) is 9.10. The number of carbonyl (C=O) groups is 3. The van der Waals surface area contributed by atoms with Crippen molar-refractivity contribution in [1.82, 2.24) is 4.90 Å². The molecule has 0 spiro atoms. The van der Waals surface area contributed by atoms with Crippen molar-refractivity contribution in [2.45, 2.75) is 51.4 Å². The average molecular weight is 299 g/mol. The molecular weight excluding hydrogens is 274 g/mol. The summed E-state index contributed by atoms with van der Waals surface area (Å²) in [5, 5.41) is 17.3. The number of carboxylic acid groups (broad SMARTS) is 2. The Hall–Kier alpha value is -1.85. The maximum Gasteiger partial charge on any atom is 0.323 e. The fraction of sp³-hybridized carbons (Fsp3) is 0.667. The molecule has 1 amide bonds. The number of rotatable bonds is 13. The first-order chi connectivity index (χ1) is 9.97. The molecule has 0 aromatic rings.